The number of likely N-dealkylation sites (N-methyl/N-ethyl adjacent to an activating group) is 1. The van der Waals surface area contributed by atoms with Crippen LogP contribution in [0.25, 0.3) is 11.4 Å². The number of aromatic nitrogens is 3. The van der Waals surface area contributed by atoms with Crippen molar-refractivity contribution in [3.63, 3.8) is 0 Å². The van der Waals surface area contributed by atoms with E-state index in [0.717, 1.165) is 17.9 Å². The highest BCUT2D eigenvalue weighted by atomic mass is 16.5. The zero-order valence-corrected chi connectivity index (χ0v) is 13.4. The van der Waals surface area contributed by atoms with Gasteiger partial charge in [0.15, 0.2) is 0 Å². The molecule has 0 aromatic carbocycles. The Morgan fingerprint density at radius 2 is 2.18 bits per heavy atom. The lowest BCUT2D eigenvalue weighted by Gasteiger charge is -2.33. The van der Waals surface area contributed by atoms with E-state index in [0.29, 0.717) is 18.5 Å². The Morgan fingerprint density at radius 1 is 1.27 bits per heavy atom. The Hall–Kier alpha value is -1.88. The van der Waals surface area contributed by atoms with E-state index >= 15 is 0 Å². The molecule has 3 heterocycles. The van der Waals surface area contributed by atoms with Crippen LogP contribution in [0.2, 0.25) is 0 Å². The lowest BCUT2D eigenvalue weighted by atomic mass is 10.0. The van der Waals surface area contributed by atoms with Crippen LogP contribution in [0.4, 0.5) is 0 Å². The summed E-state index contributed by atoms with van der Waals surface area (Å²) in [5.74, 6) is 1.64. The van der Waals surface area contributed by atoms with Crippen LogP contribution in [0.5, 0.6) is 5.88 Å². The van der Waals surface area contributed by atoms with Crippen LogP contribution < -0.4 is 4.74 Å². The molecule has 1 aliphatic rings. The normalized spacial score (nSPS) is 19.3. The van der Waals surface area contributed by atoms with Gasteiger partial charge in [-0.15, -0.1) is 0 Å². The van der Waals surface area contributed by atoms with Gasteiger partial charge in [0, 0.05) is 42.8 Å². The van der Waals surface area contributed by atoms with Crippen molar-refractivity contribution in [2.45, 2.75) is 38.8 Å². The highest BCUT2D eigenvalue weighted by Gasteiger charge is 2.20. The lowest BCUT2D eigenvalue weighted by molar-refractivity contribution is 0.168. The Kier molecular flexibility index (Phi) is 4.73. The highest BCUT2D eigenvalue weighted by molar-refractivity contribution is 5.54. The molecule has 3 rings (SSSR count). The van der Waals surface area contributed by atoms with Crippen LogP contribution in [0.1, 0.15) is 26.2 Å². The topological polar surface area (TPSA) is 43.2 Å². The maximum atomic E-state index is 5.40. The zero-order chi connectivity index (χ0) is 15.4. The van der Waals surface area contributed by atoms with E-state index in [9.17, 15) is 0 Å². The Labute approximate surface area is 131 Å². The minimum Gasteiger partial charge on any atom is -0.478 e. The lowest BCUT2D eigenvalue weighted by Crippen LogP contribution is -2.39. The van der Waals surface area contributed by atoms with Gasteiger partial charge in [-0.25, -0.2) is 9.97 Å². The maximum absolute atomic E-state index is 5.40. The number of rotatable bonds is 5. The van der Waals surface area contributed by atoms with Crippen molar-refractivity contribution in [2.24, 2.45) is 0 Å². The second-order valence-electron chi connectivity index (χ2n) is 5.85. The number of piperidine rings is 1. The van der Waals surface area contributed by atoms with Crippen molar-refractivity contribution in [1.29, 1.82) is 0 Å². The molecule has 0 aliphatic carbocycles. The van der Waals surface area contributed by atoms with E-state index in [1.165, 1.54) is 25.8 Å². The Bertz CT molecular complexity index is 593. The molecule has 2 aromatic rings. The smallest absolute Gasteiger partial charge is 0.213 e. The number of hydrogen-bond acceptors (Lipinski definition) is 4. The molecular formula is C17H24N4O. The summed E-state index contributed by atoms with van der Waals surface area (Å²) in [6.45, 7) is 4.77. The summed E-state index contributed by atoms with van der Waals surface area (Å²) in [4.78, 5) is 11.3. The van der Waals surface area contributed by atoms with E-state index in [1.54, 1.807) is 0 Å². The van der Waals surface area contributed by atoms with Gasteiger partial charge in [0.1, 0.15) is 5.82 Å². The average molecular weight is 300 g/mol. The van der Waals surface area contributed by atoms with E-state index in [-0.39, 0.29) is 0 Å². The predicted molar refractivity (Wildman–Crippen MR) is 86.9 cm³/mol. The predicted octanol–water partition coefficient (Wildman–Crippen LogP) is 2.83. The first kappa shape index (κ1) is 15.0. The largest absolute Gasteiger partial charge is 0.478 e. The molecule has 2 aromatic heterocycles. The first-order valence-electron chi connectivity index (χ1n) is 8.08. The first-order chi connectivity index (χ1) is 10.8. The third kappa shape index (κ3) is 3.30. The van der Waals surface area contributed by atoms with Gasteiger partial charge >= 0.3 is 0 Å². The summed E-state index contributed by atoms with van der Waals surface area (Å²) in [7, 11) is 2.22. The van der Waals surface area contributed by atoms with Crippen LogP contribution >= 0.6 is 0 Å². The number of nitrogens with zero attached hydrogens (tertiary/aromatic N) is 4. The van der Waals surface area contributed by atoms with Crippen molar-refractivity contribution >= 4 is 0 Å². The zero-order valence-electron chi connectivity index (χ0n) is 13.4. The molecule has 1 fully saturated rings. The van der Waals surface area contributed by atoms with Gasteiger partial charge in [0.05, 0.1) is 6.61 Å². The minimum atomic E-state index is 0.595. The fourth-order valence-electron chi connectivity index (χ4n) is 3.06. The molecule has 1 atom stereocenters. The van der Waals surface area contributed by atoms with Crippen LogP contribution in [-0.4, -0.2) is 45.7 Å². The number of pyridine rings is 1. The molecule has 1 saturated heterocycles. The van der Waals surface area contributed by atoms with Gasteiger partial charge in [-0.3, -0.25) is 0 Å². The number of likely N-dealkylation sites (tertiary alicyclic amines) is 1. The summed E-state index contributed by atoms with van der Waals surface area (Å²) in [5.41, 5.74) is 1.03. The van der Waals surface area contributed by atoms with Gasteiger partial charge in [0.25, 0.3) is 0 Å². The summed E-state index contributed by atoms with van der Waals surface area (Å²) < 4.78 is 7.64. The van der Waals surface area contributed by atoms with Crippen molar-refractivity contribution in [3.8, 4) is 17.3 Å². The number of imidazole rings is 1. The van der Waals surface area contributed by atoms with Gasteiger partial charge in [0.2, 0.25) is 5.88 Å². The molecule has 0 unspecified atom stereocenters. The third-order valence-electron chi connectivity index (χ3n) is 4.33. The molecule has 0 saturated carbocycles. The molecule has 0 radical (unpaired) electrons. The van der Waals surface area contributed by atoms with Crippen LogP contribution in [0, 0.1) is 0 Å². The molecule has 0 spiro atoms. The molecule has 0 amide bonds. The SMILES string of the molecule is CCOc1ccc(-c2nccn2C[C@@H]2CCCCN2C)cn1. The van der Waals surface area contributed by atoms with Crippen LogP contribution in [-0.2, 0) is 6.54 Å². The molecule has 22 heavy (non-hydrogen) atoms. The minimum absolute atomic E-state index is 0.595. The first-order valence-corrected chi connectivity index (χ1v) is 8.08. The van der Waals surface area contributed by atoms with Crippen molar-refractivity contribution in [1.82, 2.24) is 19.4 Å². The second-order valence-corrected chi connectivity index (χ2v) is 5.85. The molecule has 5 nitrogen and oxygen atoms in total. The Balaban J connectivity index is 1.76. The quantitative estimate of drug-likeness (QED) is 0.851. The fraction of sp³-hybridized carbons (Fsp3) is 0.529. The molecule has 5 heteroatoms. The van der Waals surface area contributed by atoms with E-state index in [1.807, 2.05) is 31.5 Å². The molecule has 1 aliphatic heterocycles. The monoisotopic (exact) mass is 300 g/mol. The molecule has 0 N–H and O–H groups in total. The van der Waals surface area contributed by atoms with Gasteiger partial charge in [-0.1, -0.05) is 6.42 Å². The van der Waals surface area contributed by atoms with Crippen LogP contribution in [0.3, 0.4) is 0 Å². The van der Waals surface area contributed by atoms with E-state index < -0.39 is 0 Å². The van der Waals surface area contributed by atoms with E-state index in [2.05, 4.69) is 32.7 Å². The molecule has 0 bridgehead atoms. The average Bonchev–Trinajstić information content (AvgIpc) is 2.99. The van der Waals surface area contributed by atoms with Crippen molar-refractivity contribution < 1.29 is 4.74 Å². The van der Waals surface area contributed by atoms with Gasteiger partial charge in [-0.2, -0.15) is 0 Å². The van der Waals surface area contributed by atoms with Gasteiger partial charge < -0.3 is 14.2 Å². The molecular weight excluding hydrogens is 276 g/mol. The highest BCUT2D eigenvalue weighted by Crippen LogP contribution is 2.22. The number of ether oxygens (including phenoxy) is 1. The summed E-state index contributed by atoms with van der Waals surface area (Å²) in [5, 5.41) is 0. The molecule has 118 valence electrons. The number of hydrogen-bond donors (Lipinski definition) is 0. The maximum Gasteiger partial charge on any atom is 0.213 e. The summed E-state index contributed by atoms with van der Waals surface area (Å²) in [6, 6.07) is 4.53. The van der Waals surface area contributed by atoms with Crippen molar-refractivity contribution in [2.75, 3.05) is 20.2 Å². The fourth-order valence-corrected chi connectivity index (χ4v) is 3.06. The summed E-state index contributed by atoms with van der Waals surface area (Å²) in [6.07, 6.45) is 9.67. The van der Waals surface area contributed by atoms with Crippen molar-refractivity contribution in [3.05, 3.63) is 30.7 Å². The standard InChI is InChI=1S/C17H24N4O/c1-3-22-16-8-7-14(12-19-16)17-18-9-11-21(17)13-15-6-4-5-10-20(15)2/h7-9,11-12,15H,3-6,10,13H2,1-2H3/t15-/m0/s1. The van der Waals surface area contributed by atoms with Gasteiger partial charge in [-0.05, 0) is 39.4 Å². The summed E-state index contributed by atoms with van der Waals surface area (Å²) >= 11 is 0. The third-order valence-corrected chi connectivity index (χ3v) is 4.33. The van der Waals surface area contributed by atoms with E-state index in [4.69, 9.17) is 4.74 Å². The Morgan fingerprint density at radius 3 is 2.91 bits per heavy atom. The van der Waals surface area contributed by atoms with Crippen LogP contribution in [0.15, 0.2) is 30.7 Å². The second kappa shape index (κ2) is 6.92.